The predicted molar refractivity (Wildman–Crippen MR) is 99.9 cm³/mol. The molecular formula is C18H19N3O2S. The number of nitrogens with one attached hydrogen (secondary N) is 3. The van der Waals surface area contributed by atoms with Gasteiger partial charge in [0, 0.05) is 24.7 Å². The minimum absolute atomic E-state index is 0.0551. The largest absolute Gasteiger partial charge is 0.332 e. The molecule has 2 aromatic carbocycles. The second kappa shape index (κ2) is 8.79. The van der Waals surface area contributed by atoms with Crippen molar-refractivity contribution in [1.29, 1.82) is 0 Å². The lowest BCUT2D eigenvalue weighted by atomic mass is 10.1. The van der Waals surface area contributed by atoms with Gasteiger partial charge in [-0.25, -0.2) is 0 Å². The number of hydrogen-bond acceptors (Lipinski definition) is 3. The van der Waals surface area contributed by atoms with Crippen molar-refractivity contribution in [2.75, 3.05) is 10.6 Å². The van der Waals surface area contributed by atoms with E-state index < -0.39 is 0 Å². The van der Waals surface area contributed by atoms with Crippen LogP contribution in [0.15, 0.2) is 54.6 Å². The molecule has 0 aliphatic carbocycles. The molecule has 124 valence electrons. The molecule has 0 radical (unpaired) electrons. The summed E-state index contributed by atoms with van der Waals surface area (Å²) >= 11 is 5.01. The number of carbonyl (C=O) groups excluding carboxylic acids is 2. The summed E-state index contributed by atoms with van der Waals surface area (Å²) in [4.78, 5) is 23.0. The van der Waals surface area contributed by atoms with Gasteiger partial charge in [0.2, 0.25) is 11.8 Å². The van der Waals surface area contributed by atoms with Crippen LogP contribution in [-0.4, -0.2) is 16.9 Å². The van der Waals surface area contributed by atoms with Gasteiger partial charge in [0.05, 0.1) is 0 Å². The fraction of sp³-hybridized carbons (Fsp3) is 0.167. The Morgan fingerprint density at radius 1 is 0.958 bits per heavy atom. The average Bonchev–Trinajstić information content (AvgIpc) is 2.53. The van der Waals surface area contributed by atoms with E-state index >= 15 is 0 Å². The highest BCUT2D eigenvalue weighted by Crippen LogP contribution is 2.15. The first kappa shape index (κ1) is 17.6. The van der Waals surface area contributed by atoms with E-state index in [1.54, 1.807) is 24.3 Å². The third-order valence-electron chi connectivity index (χ3n) is 3.18. The van der Waals surface area contributed by atoms with Crippen LogP contribution in [0.3, 0.4) is 0 Å². The number of amides is 2. The third kappa shape index (κ3) is 6.18. The predicted octanol–water partition coefficient (Wildman–Crippen LogP) is 3.09. The number of carbonyl (C=O) groups is 2. The molecule has 0 bridgehead atoms. The van der Waals surface area contributed by atoms with E-state index in [2.05, 4.69) is 16.0 Å². The van der Waals surface area contributed by atoms with Gasteiger partial charge in [0.25, 0.3) is 0 Å². The fourth-order valence-corrected chi connectivity index (χ4v) is 2.38. The Labute approximate surface area is 146 Å². The second-order valence-corrected chi connectivity index (χ2v) is 5.66. The van der Waals surface area contributed by atoms with Crippen LogP contribution >= 0.6 is 12.2 Å². The van der Waals surface area contributed by atoms with Crippen molar-refractivity contribution >= 4 is 40.5 Å². The molecule has 0 aliphatic rings. The zero-order valence-electron chi connectivity index (χ0n) is 13.3. The number of anilines is 2. The molecule has 24 heavy (non-hydrogen) atoms. The Morgan fingerprint density at radius 3 is 2.29 bits per heavy atom. The van der Waals surface area contributed by atoms with Gasteiger partial charge in [-0.1, -0.05) is 36.4 Å². The Morgan fingerprint density at radius 2 is 1.62 bits per heavy atom. The molecule has 0 aromatic heterocycles. The molecule has 3 N–H and O–H groups in total. The van der Waals surface area contributed by atoms with Gasteiger partial charge >= 0.3 is 0 Å². The molecule has 2 rings (SSSR count). The quantitative estimate of drug-likeness (QED) is 0.731. The summed E-state index contributed by atoms with van der Waals surface area (Å²) in [5, 5.41) is 8.45. The number of benzene rings is 2. The van der Waals surface area contributed by atoms with Crippen LogP contribution in [-0.2, 0) is 16.0 Å². The van der Waals surface area contributed by atoms with Gasteiger partial charge in [0.15, 0.2) is 5.11 Å². The molecule has 2 aromatic rings. The number of thiocarbonyl (C=S) groups is 1. The third-order valence-corrected chi connectivity index (χ3v) is 3.38. The van der Waals surface area contributed by atoms with Crippen molar-refractivity contribution < 1.29 is 9.59 Å². The first-order valence-corrected chi connectivity index (χ1v) is 7.96. The van der Waals surface area contributed by atoms with Crippen molar-refractivity contribution in [3.8, 4) is 0 Å². The van der Waals surface area contributed by atoms with Gasteiger partial charge in [-0.15, -0.1) is 0 Å². The van der Waals surface area contributed by atoms with Crippen molar-refractivity contribution in [1.82, 2.24) is 5.32 Å². The topological polar surface area (TPSA) is 70.2 Å². The Balaban J connectivity index is 1.88. The van der Waals surface area contributed by atoms with Gasteiger partial charge in [-0.05, 0) is 42.4 Å². The van der Waals surface area contributed by atoms with Crippen molar-refractivity contribution in [2.24, 2.45) is 0 Å². The van der Waals surface area contributed by atoms with Crippen molar-refractivity contribution in [3.63, 3.8) is 0 Å². The average molecular weight is 341 g/mol. The first-order valence-electron chi connectivity index (χ1n) is 7.55. The van der Waals surface area contributed by atoms with Crippen molar-refractivity contribution in [3.05, 3.63) is 60.2 Å². The van der Waals surface area contributed by atoms with Gasteiger partial charge in [0.1, 0.15) is 0 Å². The maximum atomic E-state index is 12.1. The fourth-order valence-electron chi connectivity index (χ4n) is 2.12. The van der Waals surface area contributed by atoms with Gasteiger partial charge < -0.3 is 16.0 Å². The molecule has 0 heterocycles. The summed E-state index contributed by atoms with van der Waals surface area (Å²) in [5.74, 6) is -0.293. The zero-order chi connectivity index (χ0) is 17.4. The van der Waals surface area contributed by atoms with Crippen LogP contribution in [0.4, 0.5) is 11.4 Å². The lowest BCUT2D eigenvalue weighted by Crippen LogP contribution is -2.32. The molecule has 6 heteroatoms. The van der Waals surface area contributed by atoms with Crippen LogP contribution < -0.4 is 16.0 Å². The van der Waals surface area contributed by atoms with E-state index in [1.807, 2.05) is 30.3 Å². The monoisotopic (exact) mass is 341 g/mol. The molecule has 0 saturated heterocycles. The maximum absolute atomic E-state index is 12.1. The van der Waals surface area contributed by atoms with Crippen LogP contribution in [0, 0.1) is 0 Å². The minimum atomic E-state index is -0.238. The molecule has 0 spiro atoms. The Kier molecular flexibility index (Phi) is 6.45. The van der Waals surface area contributed by atoms with Gasteiger partial charge in [-0.2, -0.15) is 0 Å². The molecule has 0 atom stereocenters. The summed E-state index contributed by atoms with van der Waals surface area (Å²) in [5.41, 5.74) is 2.49. The minimum Gasteiger partial charge on any atom is -0.332 e. The molecule has 0 aliphatic heterocycles. The summed E-state index contributed by atoms with van der Waals surface area (Å²) < 4.78 is 0. The van der Waals surface area contributed by atoms with Gasteiger partial charge in [-0.3, -0.25) is 9.59 Å². The highest BCUT2D eigenvalue weighted by Gasteiger charge is 2.05. The zero-order valence-corrected chi connectivity index (χ0v) is 14.2. The summed E-state index contributed by atoms with van der Waals surface area (Å²) in [6.45, 7) is 1.39. The first-order chi connectivity index (χ1) is 11.5. The number of hydrogen-bond donors (Lipinski definition) is 3. The SMILES string of the molecule is CC(=O)NC(=S)Nc1cccc(NC(=O)CCc2ccccc2)c1. The second-order valence-electron chi connectivity index (χ2n) is 5.25. The van der Waals surface area contributed by atoms with Crippen LogP contribution in [0.1, 0.15) is 18.9 Å². The lowest BCUT2D eigenvalue weighted by Gasteiger charge is -2.10. The van der Waals surface area contributed by atoms with Crippen LogP contribution in [0.5, 0.6) is 0 Å². The number of aryl methyl sites for hydroxylation is 1. The van der Waals surface area contributed by atoms with E-state index in [9.17, 15) is 9.59 Å². The molecule has 2 amide bonds. The normalized spacial score (nSPS) is 9.88. The molecule has 0 fully saturated rings. The highest BCUT2D eigenvalue weighted by molar-refractivity contribution is 7.80. The maximum Gasteiger partial charge on any atom is 0.224 e. The summed E-state index contributed by atoms with van der Waals surface area (Å²) in [7, 11) is 0. The van der Waals surface area contributed by atoms with Crippen LogP contribution in [0.2, 0.25) is 0 Å². The highest BCUT2D eigenvalue weighted by atomic mass is 32.1. The van der Waals surface area contributed by atoms with Crippen LogP contribution in [0.25, 0.3) is 0 Å². The van der Waals surface area contributed by atoms with E-state index in [0.29, 0.717) is 24.2 Å². The molecule has 0 saturated carbocycles. The number of rotatable bonds is 5. The Hall–Kier alpha value is -2.73. The van der Waals surface area contributed by atoms with E-state index in [4.69, 9.17) is 12.2 Å². The molecule has 0 unspecified atom stereocenters. The summed E-state index contributed by atoms with van der Waals surface area (Å²) in [6, 6.07) is 17.0. The smallest absolute Gasteiger partial charge is 0.224 e. The standard InChI is InChI=1S/C18H19N3O2S/c1-13(22)19-18(24)21-16-9-5-8-15(12-16)20-17(23)11-10-14-6-3-2-4-7-14/h2-9,12H,10-11H2,1H3,(H,20,23)(H2,19,21,22,24). The van der Waals surface area contributed by atoms with E-state index in [1.165, 1.54) is 6.92 Å². The van der Waals surface area contributed by atoms with E-state index in [-0.39, 0.29) is 16.9 Å². The van der Waals surface area contributed by atoms with Crippen molar-refractivity contribution in [2.45, 2.75) is 19.8 Å². The Bertz CT molecular complexity index is 732. The lowest BCUT2D eigenvalue weighted by molar-refractivity contribution is -0.117. The molecule has 5 nitrogen and oxygen atoms in total. The van der Waals surface area contributed by atoms with E-state index in [0.717, 1.165) is 5.56 Å². The summed E-state index contributed by atoms with van der Waals surface area (Å²) in [6.07, 6.45) is 1.10. The molecular weight excluding hydrogens is 322 g/mol.